The van der Waals surface area contributed by atoms with E-state index in [1.807, 2.05) is 0 Å². The summed E-state index contributed by atoms with van der Waals surface area (Å²) in [5.74, 6) is -0.920. The predicted molar refractivity (Wildman–Crippen MR) is 48.1 cm³/mol. The predicted octanol–water partition coefficient (Wildman–Crippen LogP) is -0.267. The summed E-state index contributed by atoms with van der Waals surface area (Å²) in [6, 6.07) is 0. The molecule has 5 heteroatoms. The summed E-state index contributed by atoms with van der Waals surface area (Å²) in [6.07, 6.45) is 0.819. The van der Waals surface area contributed by atoms with Crippen molar-refractivity contribution in [2.45, 2.75) is 13.8 Å². The van der Waals surface area contributed by atoms with Gasteiger partial charge in [0.2, 0.25) is 0 Å². The molecule has 0 aromatic heterocycles. The van der Waals surface area contributed by atoms with Crippen LogP contribution in [-0.4, -0.2) is 42.5 Å². The molecule has 13 heavy (non-hydrogen) atoms. The van der Waals surface area contributed by atoms with Gasteiger partial charge in [-0.3, -0.25) is 10.2 Å². The van der Waals surface area contributed by atoms with Crippen LogP contribution in [-0.2, 0) is 9.59 Å². The molecule has 0 bridgehead atoms. The maximum Gasteiger partial charge on any atom is 0.319 e. The number of carboxylic acid groups (broad SMARTS) is 1. The first-order valence-electron chi connectivity index (χ1n) is 4.02. The van der Waals surface area contributed by atoms with Crippen LogP contribution in [0.5, 0.6) is 0 Å². The van der Waals surface area contributed by atoms with E-state index >= 15 is 0 Å². The van der Waals surface area contributed by atoms with Crippen molar-refractivity contribution in [1.82, 2.24) is 10.4 Å². The van der Waals surface area contributed by atoms with Gasteiger partial charge in [0.05, 0.1) is 0 Å². The van der Waals surface area contributed by atoms with Crippen LogP contribution in [0.4, 0.5) is 0 Å². The molecule has 0 saturated heterocycles. The van der Waals surface area contributed by atoms with Gasteiger partial charge >= 0.3 is 5.97 Å². The van der Waals surface area contributed by atoms with Gasteiger partial charge in [-0.25, -0.2) is 5.01 Å². The second-order valence-corrected chi connectivity index (χ2v) is 3.58. The maximum absolute atomic E-state index is 10.6. The molecule has 0 unspecified atom stereocenters. The summed E-state index contributed by atoms with van der Waals surface area (Å²) in [7, 11) is 1.63. The Hall–Kier alpha value is -0.940. The molecule has 0 spiro atoms. The Morgan fingerprint density at radius 2 is 2.15 bits per heavy atom. The van der Waals surface area contributed by atoms with E-state index in [2.05, 4.69) is 5.43 Å². The van der Waals surface area contributed by atoms with Crippen LogP contribution in [0.15, 0.2) is 0 Å². The lowest BCUT2D eigenvalue weighted by atomic mass is 9.96. The van der Waals surface area contributed by atoms with E-state index in [0.717, 1.165) is 6.29 Å². The molecule has 0 saturated carbocycles. The molecule has 0 radical (unpaired) electrons. The van der Waals surface area contributed by atoms with Gasteiger partial charge < -0.3 is 9.90 Å². The van der Waals surface area contributed by atoms with E-state index in [-0.39, 0.29) is 6.54 Å². The van der Waals surface area contributed by atoms with Crippen LogP contribution in [0.3, 0.4) is 0 Å². The van der Waals surface area contributed by atoms with E-state index in [1.54, 1.807) is 20.9 Å². The van der Waals surface area contributed by atoms with Gasteiger partial charge in [-0.2, -0.15) is 0 Å². The highest BCUT2D eigenvalue weighted by molar-refractivity contribution is 5.69. The van der Waals surface area contributed by atoms with Crippen molar-refractivity contribution in [1.29, 1.82) is 0 Å². The zero-order valence-electron chi connectivity index (χ0n) is 8.20. The zero-order valence-corrected chi connectivity index (χ0v) is 8.20. The number of aliphatic carboxylic acids is 1. The number of hydrogen-bond donors (Lipinski definition) is 2. The van der Waals surface area contributed by atoms with Crippen molar-refractivity contribution in [2.24, 2.45) is 5.41 Å². The number of hydrazine groups is 1. The molecule has 0 heterocycles. The first-order valence-corrected chi connectivity index (χ1v) is 4.02. The quantitative estimate of drug-likeness (QED) is 0.443. The number of carbonyl (C=O) groups is 2. The smallest absolute Gasteiger partial charge is 0.319 e. The molecule has 2 N–H and O–H groups in total. The summed E-state index contributed by atoms with van der Waals surface area (Å²) in [5, 5.41) is 10.00. The Balaban J connectivity index is 4.12. The number of nitrogens with zero attached hydrogens (tertiary/aromatic N) is 1. The zero-order chi connectivity index (χ0) is 10.5. The molecular weight excluding hydrogens is 172 g/mol. The van der Waals surface area contributed by atoms with Gasteiger partial charge in [0.15, 0.2) is 0 Å². The van der Waals surface area contributed by atoms with Crippen LogP contribution in [0.2, 0.25) is 0 Å². The monoisotopic (exact) mass is 188 g/mol. The number of carbonyl (C=O) groups excluding carboxylic acids is 1. The number of nitrogens with one attached hydrogen (secondary N) is 1. The topological polar surface area (TPSA) is 69.6 Å². The molecule has 0 aliphatic carbocycles. The molecule has 0 rings (SSSR count). The lowest BCUT2D eigenvalue weighted by Gasteiger charge is -2.26. The first-order chi connectivity index (χ1) is 5.91. The number of carboxylic acids is 1. The van der Waals surface area contributed by atoms with Gasteiger partial charge in [0.1, 0.15) is 12.8 Å². The minimum Gasteiger partial charge on any atom is -0.480 e. The maximum atomic E-state index is 10.6. The second-order valence-electron chi connectivity index (χ2n) is 3.58. The highest BCUT2D eigenvalue weighted by Crippen LogP contribution is 2.11. The summed E-state index contributed by atoms with van der Waals surface area (Å²) >= 11 is 0. The lowest BCUT2D eigenvalue weighted by molar-refractivity contribution is -0.140. The average Bonchev–Trinajstić information content (AvgIpc) is 2.02. The van der Waals surface area contributed by atoms with Gasteiger partial charge in [0, 0.05) is 12.0 Å². The Labute approximate surface area is 77.7 Å². The van der Waals surface area contributed by atoms with Crippen molar-refractivity contribution in [3.8, 4) is 0 Å². The Bertz CT molecular complexity index is 192. The SMILES string of the molecule is CNN(CC(=O)O)CC(C)(C)C=O. The molecule has 0 aromatic carbocycles. The van der Waals surface area contributed by atoms with Crippen LogP contribution >= 0.6 is 0 Å². The van der Waals surface area contributed by atoms with Crippen molar-refractivity contribution >= 4 is 12.3 Å². The number of hydrogen-bond acceptors (Lipinski definition) is 4. The first kappa shape index (κ1) is 12.1. The number of aldehydes is 1. The van der Waals surface area contributed by atoms with E-state index in [9.17, 15) is 9.59 Å². The molecule has 0 amide bonds. The minimum atomic E-state index is -0.920. The summed E-state index contributed by atoms with van der Waals surface area (Å²) in [4.78, 5) is 20.9. The van der Waals surface area contributed by atoms with Crippen LogP contribution < -0.4 is 5.43 Å². The van der Waals surface area contributed by atoms with Gasteiger partial charge in [-0.15, -0.1) is 0 Å². The number of rotatable bonds is 6. The molecule has 0 aliphatic rings. The van der Waals surface area contributed by atoms with Crippen LogP contribution in [0.25, 0.3) is 0 Å². The van der Waals surface area contributed by atoms with Crippen molar-refractivity contribution in [3.63, 3.8) is 0 Å². The van der Waals surface area contributed by atoms with Crippen LogP contribution in [0.1, 0.15) is 13.8 Å². The lowest BCUT2D eigenvalue weighted by Crippen LogP contribution is -2.45. The molecule has 5 nitrogen and oxygen atoms in total. The van der Waals surface area contributed by atoms with Crippen molar-refractivity contribution in [3.05, 3.63) is 0 Å². The second kappa shape index (κ2) is 4.94. The third-order valence-electron chi connectivity index (χ3n) is 1.56. The molecule has 0 aliphatic heterocycles. The highest BCUT2D eigenvalue weighted by atomic mass is 16.4. The largest absolute Gasteiger partial charge is 0.480 e. The highest BCUT2D eigenvalue weighted by Gasteiger charge is 2.21. The Kier molecular flexibility index (Phi) is 4.58. The fourth-order valence-electron chi connectivity index (χ4n) is 0.906. The van der Waals surface area contributed by atoms with Crippen molar-refractivity contribution < 1.29 is 14.7 Å². The standard InChI is InChI=1S/C8H16N2O3/c1-8(2,6-11)5-10(9-3)4-7(12)13/h6,9H,4-5H2,1-3H3,(H,12,13). The van der Waals surface area contributed by atoms with Crippen LogP contribution in [0, 0.1) is 5.41 Å². The third-order valence-corrected chi connectivity index (χ3v) is 1.56. The van der Waals surface area contributed by atoms with E-state index in [0.29, 0.717) is 6.54 Å². The molecule has 0 atom stereocenters. The summed E-state index contributed by atoms with van der Waals surface area (Å²) < 4.78 is 0. The molecule has 0 aromatic rings. The fraction of sp³-hybridized carbons (Fsp3) is 0.750. The van der Waals surface area contributed by atoms with Gasteiger partial charge in [-0.05, 0) is 7.05 Å². The van der Waals surface area contributed by atoms with Crippen molar-refractivity contribution in [2.75, 3.05) is 20.1 Å². The molecular formula is C8H16N2O3. The molecule has 0 fully saturated rings. The van der Waals surface area contributed by atoms with E-state index in [4.69, 9.17) is 5.11 Å². The Morgan fingerprint density at radius 3 is 2.46 bits per heavy atom. The minimum absolute atomic E-state index is 0.117. The fourth-order valence-corrected chi connectivity index (χ4v) is 0.906. The summed E-state index contributed by atoms with van der Waals surface area (Å²) in [6.45, 7) is 3.77. The normalized spacial score (nSPS) is 11.7. The van der Waals surface area contributed by atoms with E-state index in [1.165, 1.54) is 5.01 Å². The average molecular weight is 188 g/mol. The summed E-state index contributed by atoms with van der Waals surface area (Å²) in [5.41, 5.74) is 2.19. The van der Waals surface area contributed by atoms with E-state index < -0.39 is 11.4 Å². The molecule has 76 valence electrons. The third kappa shape index (κ3) is 5.32. The Morgan fingerprint density at radius 1 is 1.62 bits per heavy atom. The van der Waals surface area contributed by atoms with Gasteiger partial charge in [0.25, 0.3) is 0 Å². The van der Waals surface area contributed by atoms with Gasteiger partial charge in [-0.1, -0.05) is 13.8 Å².